The number of rotatable bonds is 4. The van der Waals surface area contributed by atoms with E-state index >= 15 is 0 Å². The van der Waals surface area contributed by atoms with Gasteiger partial charge in [-0.3, -0.25) is 4.90 Å². The first-order valence-corrected chi connectivity index (χ1v) is 6.05. The van der Waals surface area contributed by atoms with Gasteiger partial charge in [0.15, 0.2) is 0 Å². The third-order valence-electron chi connectivity index (χ3n) is 3.33. The SMILES string of the molecule is COC[C@@H]1CCCN1Cc1ccc(C#N)cc1. The van der Waals surface area contributed by atoms with Gasteiger partial charge in [0.1, 0.15) is 0 Å². The average Bonchev–Trinajstić information content (AvgIpc) is 2.78. The zero-order valence-electron chi connectivity index (χ0n) is 10.2. The predicted octanol–water partition coefficient (Wildman–Crippen LogP) is 2.17. The first-order chi connectivity index (χ1) is 8.33. The summed E-state index contributed by atoms with van der Waals surface area (Å²) in [5.74, 6) is 0. The van der Waals surface area contributed by atoms with Crippen LogP contribution in [0.2, 0.25) is 0 Å². The largest absolute Gasteiger partial charge is 0.383 e. The summed E-state index contributed by atoms with van der Waals surface area (Å²) < 4.78 is 5.25. The van der Waals surface area contributed by atoms with Crippen molar-refractivity contribution in [1.82, 2.24) is 4.90 Å². The molecule has 0 bridgehead atoms. The van der Waals surface area contributed by atoms with Crippen LogP contribution in [0.4, 0.5) is 0 Å². The maximum Gasteiger partial charge on any atom is 0.0991 e. The Bertz CT molecular complexity index is 394. The summed E-state index contributed by atoms with van der Waals surface area (Å²) in [5, 5.41) is 8.75. The second kappa shape index (κ2) is 5.81. The van der Waals surface area contributed by atoms with E-state index in [2.05, 4.69) is 11.0 Å². The molecule has 0 aromatic heterocycles. The van der Waals surface area contributed by atoms with Crippen molar-refractivity contribution in [3.8, 4) is 6.07 Å². The lowest BCUT2D eigenvalue weighted by atomic mass is 10.1. The van der Waals surface area contributed by atoms with Crippen LogP contribution in [0.3, 0.4) is 0 Å². The van der Waals surface area contributed by atoms with Crippen molar-refractivity contribution in [1.29, 1.82) is 5.26 Å². The molecule has 0 unspecified atom stereocenters. The Hall–Kier alpha value is -1.37. The minimum Gasteiger partial charge on any atom is -0.383 e. The van der Waals surface area contributed by atoms with Gasteiger partial charge < -0.3 is 4.74 Å². The number of likely N-dealkylation sites (tertiary alicyclic amines) is 1. The Morgan fingerprint density at radius 2 is 2.18 bits per heavy atom. The summed E-state index contributed by atoms with van der Waals surface area (Å²) in [4.78, 5) is 2.46. The normalized spacial score (nSPS) is 20.4. The van der Waals surface area contributed by atoms with Crippen LogP contribution < -0.4 is 0 Å². The smallest absolute Gasteiger partial charge is 0.0991 e. The molecule has 17 heavy (non-hydrogen) atoms. The standard InChI is InChI=1S/C14H18N2O/c1-17-11-14-3-2-8-16(14)10-13-6-4-12(9-15)5-7-13/h4-7,14H,2-3,8,10-11H2,1H3/t14-/m0/s1. The maximum atomic E-state index is 8.75. The van der Waals surface area contributed by atoms with Gasteiger partial charge in [0.05, 0.1) is 18.2 Å². The molecule has 1 aliphatic heterocycles. The minimum atomic E-state index is 0.552. The maximum absolute atomic E-state index is 8.75. The minimum absolute atomic E-state index is 0.552. The lowest BCUT2D eigenvalue weighted by Crippen LogP contribution is -2.32. The molecule has 1 fully saturated rings. The highest BCUT2D eigenvalue weighted by Gasteiger charge is 2.23. The molecule has 3 nitrogen and oxygen atoms in total. The first-order valence-electron chi connectivity index (χ1n) is 6.05. The topological polar surface area (TPSA) is 36.3 Å². The van der Waals surface area contributed by atoms with E-state index in [1.807, 2.05) is 24.3 Å². The third-order valence-corrected chi connectivity index (χ3v) is 3.33. The van der Waals surface area contributed by atoms with E-state index < -0.39 is 0 Å². The molecule has 1 aliphatic rings. The first kappa shape index (κ1) is 12.1. The van der Waals surface area contributed by atoms with Crippen molar-refractivity contribution < 1.29 is 4.74 Å². The Labute approximate surface area is 103 Å². The number of benzene rings is 1. The summed E-state index contributed by atoms with van der Waals surface area (Å²) in [7, 11) is 1.76. The molecule has 0 saturated carbocycles. The molecule has 1 atom stereocenters. The molecule has 90 valence electrons. The van der Waals surface area contributed by atoms with Gasteiger partial charge in [-0.05, 0) is 37.1 Å². The second-order valence-electron chi connectivity index (χ2n) is 4.53. The van der Waals surface area contributed by atoms with E-state index in [1.165, 1.54) is 18.4 Å². The van der Waals surface area contributed by atoms with Gasteiger partial charge in [-0.25, -0.2) is 0 Å². The molecular weight excluding hydrogens is 212 g/mol. The van der Waals surface area contributed by atoms with Crippen LogP contribution in [0.25, 0.3) is 0 Å². The van der Waals surface area contributed by atoms with Crippen LogP contribution in [-0.2, 0) is 11.3 Å². The summed E-state index contributed by atoms with van der Waals surface area (Å²) >= 11 is 0. The number of hydrogen-bond acceptors (Lipinski definition) is 3. The fourth-order valence-corrected chi connectivity index (χ4v) is 2.40. The van der Waals surface area contributed by atoms with E-state index in [0.29, 0.717) is 6.04 Å². The Morgan fingerprint density at radius 1 is 1.41 bits per heavy atom. The van der Waals surface area contributed by atoms with Gasteiger partial charge in [0.25, 0.3) is 0 Å². The Morgan fingerprint density at radius 3 is 2.82 bits per heavy atom. The van der Waals surface area contributed by atoms with E-state index in [4.69, 9.17) is 10.00 Å². The second-order valence-corrected chi connectivity index (χ2v) is 4.53. The lowest BCUT2D eigenvalue weighted by Gasteiger charge is -2.23. The van der Waals surface area contributed by atoms with Gasteiger partial charge >= 0.3 is 0 Å². The molecule has 0 spiro atoms. The van der Waals surface area contributed by atoms with Gasteiger partial charge in [-0.15, -0.1) is 0 Å². The number of nitriles is 1. The van der Waals surface area contributed by atoms with Crippen molar-refractivity contribution in [3.05, 3.63) is 35.4 Å². The van der Waals surface area contributed by atoms with E-state index in [9.17, 15) is 0 Å². The number of hydrogen-bond donors (Lipinski definition) is 0. The fraction of sp³-hybridized carbons (Fsp3) is 0.500. The van der Waals surface area contributed by atoms with E-state index in [-0.39, 0.29) is 0 Å². The van der Waals surface area contributed by atoms with Gasteiger partial charge in [0.2, 0.25) is 0 Å². The molecule has 1 saturated heterocycles. The highest BCUT2D eigenvalue weighted by molar-refractivity contribution is 5.31. The molecule has 0 amide bonds. The van der Waals surface area contributed by atoms with Crippen molar-refractivity contribution in [2.45, 2.75) is 25.4 Å². The number of nitrogens with zero attached hydrogens (tertiary/aromatic N) is 2. The molecule has 2 rings (SSSR count). The van der Waals surface area contributed by atoms with Gasteiger partial charge in [-0.2, -0.15) is 5.26 Å². The quantitative estimate of drug-likeness (QED) is 0.795. The lowest BCUT2D eigenvalue weighted by molar-refractivity contribution is 0.112. The highest BCUT2D eigenvalue weighted by atomic mass is 16.5. The molecule has 0 N–H and O–H groups in total. The Balaban J connectivity index is 1.97. The molecule has 0 radical (unpaired) electrons. The van der Waals surface area contributed by atoms with Crippen molar-refractivity contribution in [2.75, 3.05) is 20.3 Å². The number of ether oxygens (including phenoxy) is 1. The fourth-order valence-electron chi connectivity index (χ4n) is 2.40. The van der Waals surface area contributed by atoms with Crippen LogP contribution in [0.15, 0.2) is 24.3 Å². The van der Waals surface area contributed by atoms with Crippen molar-refractivity contribution >= 4 is 0 Å². The van der Waals surface area contributed by atoms with Crippen LogP contribution in [0.1, 0.15) is 24.0 Å². The monoisotopic (exact) mass is 230 g/mol. The van der Waals surface area contributed by atoms with E-state index in [1.54, 1.807) is 7.11 Å². The molecule has 0 aliphatic carbocycles. The average molecular weight is 230 g/mol. The van der Waals surface area contributed by atoms with E-state index in [0.717, 1.165) is 25.3 Å². The zero-order chi connectivity index (χ0) is 12.1. The molecule has 1 heterocycles. The number of methoxy groups -OCH3 is 1. The van der Waals surface area contributed by atoms with Crippen molar-refractivity contribution in [2.24, 2.45) is 0 Å². The summed E-state index contributed by atoms with van der Waals surface area (Å²) in [6, 6.07) is 10.6. The summed E-state index contributed by atoms with van der Waals surface area (Å²) in [6.07, 6.45) is 2.48. The summed E-state index contributed by atoms with van der Waals surface area (Å²) in [6.45, 7) is 2.92. The van der Waals surface area contributed by atoms with Crippen molar-refractivity contribution in [3.63, 3.8) is 0 Å². The molecule has 3 heteroatoms. The van der Waals surface area contributed by atoms with Crippen LogP contribution >= 0.6 is 0 Å². The van der Waals surface area contributed by atoms with Crippen LogP contribution in [0.5, 0.6) is 0 Å². The zero-order valence-corrected chi connectivity index (χ0v) is 10.2. The Kier molecular flexibility index (Phi) is 4.13. The van der Waals surface area contributed by atoms with Gasteiger partial charge in [-0.1, -0.05) is 12.1 Å². The highest BCUT2D eigenvalue weighted by Crippen LogP contribution is 2.20. The van der Waals surface area contributed by atoms with Crippen LogP contribution in [0, 0.1) is 11.3 Å². The van der Waals surface area contributed by atoms with Crippen LogP contribution in [-0.4, -0.2) is 31.2 Å². The molecule has 1 aromatic carbocycles. The molecular formula is C14H18N2O. The van der Waals surface area contributed by atoms with Gasteiger partial charge in [0, 0.05) is 19.7 Å². The molecule has 1 aromatic rings. The summed E-state index contributed by atoms with van der Waals surface area (Å²) in [5.41, 5.74) is 2.00. The predicted molar refractivity (Wildman–Crippen MR) is 66.5 cm³/mol. The third kappa shape index (κ3) is 3.06.